The van der Waals surface area contributed by atoms with Crippen LogP contribution in [0.25, 0.3) is 0 Å². The summed E-state index contributed by atoms with van der Waals surface area (Å²) in [4.78, 5) is 51.9. The highest BCUT2D eigenvalue weighted by atomic mass is 35.5. The third-order valence-electron chi connectivity index (χ3n) is 7.51. The van der Waals surface area contributed by atoms with Crippen molar-refractivity contribution in [2.75, 3.05) is 0 Å². The van der Waals surface area contributed by atoms with E-state index in [-0.39, 0.29) is 37.7 Å². The van der Waals surface area contributed by atoms with Crippen molar-refractivity contribution in [2.24, 2.45) is 11.8 Å². The van der Waals surface area contributed by atoms with Gasteiger partial charge in [0.15, 0.2) is 10.1 Å². The fourth-order valence-corrected chi connectivity index (χ4v) is 9.03. The topological polar surface area (TPSA) is 74.8 Å². The van der Waals surface area contributed by atoms with Crippen molar-refractivity contribution in [2.45, 2.75) is 33.5 Å². The minimum absolute atomic E-state index is 0.00379. The van der Waals surface area contributed by atoms with E-state index in [0.29, 0.717) is 5.01 Å². The zero-order valence-electron chi connectivity index (χ0n) is 20.1. The number of benzene rings is 2. The van der Waals surface area contributed by atoms with Crippen LogP contribution < -0.4 is 0 Å². The van der Waals surface area contributed by atoms with E-state index in [1.54, 1.807) is 37.3 Å². The third kappa shape index (κ3) is 3.77. The van der Waals surface area contributed by atoms with Crippen LogP contribution in [0.2, 0.25) is 10.0 Å². The number of hydrogen-bond acceptors (Lipinski definition) is 4. The summed E-state index contributed by atoms with van der Waals surface area (Å²) >= 11 is 52.0. The highest BCUT2D eigenvalue weighted by Gasteiger charge is 2.88. The number of ketones is 1. The summed E-state index contributed by atoms with van der Waals surface area (Å²) in [6.45, 7) is 1.62. The standard InChI is InChI=1S/C26H16Cl8N2O4/c1-2-15(18(37)11-6-4-3-5-7-11)35(21(38)13-9-8-12(27)10-14(13)28)36-22(39)16-17(23(36)40)25(32)20(30)19(29)24(16,31)26(25,33)34/h3-10,15-17H,2H2,1H3/t15-,16-,17+,24-,25-/m1/s1. The first-order valence-corrected chi connectivity index (χ1v) is 14.8. The molecule has 1 heterocycles. The summed E-state index contributed by atoms with van der Waals surface area (Å²) in [5.74, 6) is -6.46. The van der Waals surface area contributed by atoms with Crippen LogP contribution in [0.3, 0.4) is 0 Å². The van der Waals surface area contributed by atoms with Crippen molar-refractivity contribution < 1.29 is 19.2 Å². The molecular weight excluding hydrogens is 688 g/mol. The largest absolute Gasteiger partial charge is 0.292 e. The van der Waals surface area contributed by atoms with Crippen LogP contribution in [0.15, 0.2) is 58.6 Å². The molecule has 1 saturated carbocycles. The fourth-order valence-electron chi connectivity index (χ4n) is 5.61. The molecule has 2 aromatic rings. The fraction of sp³-hybridized carbons (Fsp3) is 0.308. The van der Waals surface area contributed by atoms with Gasteiger partial charge in [0, 0.05) is 10.6 Å². The number of fused-ring (bicyclic) bond motifs is 5. The Morgan fingerprint density at radius 1 is 0.875 bits per heavy atom. The number of alkyl halides is 4. The minimum Gasteiger partial charge on any atom is -0.292 e. The smallest absolute Gasteiger partial charge is 0.275 e. The van der Waals surface area contributed by atoms with Gasteiger partial charge in [-0.3, -0.25) is 19.2 Å². The molecule has 0 unspecified atom stereocenters. The molecule has 1 saturated heterocycles. The maximum Gasteiger partial charge on any atom is 0.275 e. The quantitative estimate of drug-likeness (QED) is 0.178. The number of Topliss-reactive ketones (excluding diaryl/α,β-unsaturated/α-hetero) is 1. The Kier molecular flexibility index (Phi) is 7.71. The number of hydrogen-bond donors (Lipinski definition) is 0. The molecule has 5 rings (SSSR count). The number of nitrogens with zero attached hydrogens (tertiary/aromatic N) is 2. The van der Waals surface area contributed by atoms with Crippen molar-refractivity contribution in [3.05, 3.63) is 79.8 Å². The van der Waals surface area contributed by atoms with Gasteiger partial charge in [0.25, 0.3) is 17.7 Å². The number of amides is 3. The number of hydrazine groups is 1. The molecule has 40 heavy (non-hydrogen) atoms. The van der Waals surface area contributed by atoms with Gasteiger partial charge in [-0.05, 0) is 24.6 Å². The summed E-state index contributed by atoms with van der Waals surface area (Å²) in [5, 5.41) is 0.939. The van der Waals surface area contributed by atoms with Gasteiger partial charge in [-0.25, -0.2) is 5.01 Å². The molecule has 2 fully saturated rings. The zero-order valence-corrected chi connectivity index (χ0v) is 26.2. The average Bonchev–Trinajstić information content (AvgIpc) is 3.30. The van der Waals surface area contributed by atoms with E-state index < -0.39 is 55.5 Å². The van der Waals surface area contributed by atoms with Crippen molar-refractivity contribution in [3.8, 4) is 0 Å². The molecule has 6 nitrogen and oxygen atoms in total. The highest BCUT2D eigenvalue weighted by molar-refractivity contribution is 6.66. The molecule has 0 spiro atoms. The van der Waals surface area contributed by atoms with Crippen LogP contribution in [0, 0.1) is 11.8 Å². The van der Waals surface area contributed by atoms with Crippen molar-refractivity contribution in [1.29, 1.82) is 0 Å². The number of carbonyl (C=O) groups excluding carboxylic acids is 4. The van der Waals surface area contributed by atoms with E-state index in [9.17, 15) is 19.2 Å². The van der Waals surface area contributed by atoms with E-state index >= 15 is 0 Å². The Morgan fingerprint density at radius 2 is 1.40 bits per heavy atom. The molecule has 1 aliphatic heterocycles. The molecule has 14 heteroatoms. The van der Waals surface area contributed by atoms with Crippen LogP contribution in [-0.2, 0) is 9.59 Å². The maximum absolute atomic E-state index is 14.1. The monoisotopic (exact) mass is 700 g/mol. The van der Waals surface area contributed by atoms with Crippen LogP contribution >= 0.6 is 92.8 Å². The van der Waals surface area contributed by atoms with Crippen LogP contribution in [0.1, 0.15) is 34.1 Å². The van der Waals surface area contributed by atoms with E-state index in [1.165, 1.54) is 18.2 Å². The lowest BCUT2D eigenvalue weighted by atomic mass is 9.84. The molecule has 0 radical (unpaired) electrons. The molecule has 2 aliphatic carbocycles. The number of imide groups is 1. The van der Waals surface area contributed by atoms with Crippen LogP contribution in [-0.4, -0.2) is 53.6 Å². The average molecular weight is 704 g/mol. The molecule has 2 aromatic carbocycles. The molecule has 0 N–H and O–H groups in total. The number of halogens is 8. The molecule has 210 valence electrons. The van der Waals surface area contributed by atoms with E-state index in [4.69, 9.17) is 92.8 Å². The van der Waals surface area contributed by atoms with Crippen LogP contribution in [0.5, 0.6) is 0 Å². The lowest BCUT2D eigenvalue weighted by Crippen LogP contribution is -2.60. The molecule has 3 amide bonds. The first kappa shape index (κ1) is 30.2. The SMILES string of the molecule is CC[C@H](C(=O)c1ccccc1)N(C(=O)c1ccc(Cl)cc1Cl)N1C(=O)[C@@H]2[C@H](C1=O)[C@@]1(Cl)C(Cl)=C(Cl)[C@@]2(Cl)C1(Cl)Cl. The normalized spacial score (nSPS) is 29.2. The van der Waals surface area contributed by atoms with Gasteiger partial charge in [0.05, 0.1) is 32.5 Å². The van der Waals surface area contributed by atoms with Crippen molar-refractivity contribution in [1.82, 2.24) is 10.0 Å². The predicted molar refractivity (Wildman–Crippen MR) is 157 cm³/mol. The molecule has 2 bridgehead atoms. The second-order valence-corrected chi connectivity index (χ2v) is 13.6. The summed E-state index contributed by atoms with van der Waals surface area (Å²) in [5.41, 5.74) is 0.120. The third-order valence-corrected chi connectivity index (χ3v) is 12.3. The lowest BCUT2D eigenvalue weighted by molar-refractivity contribution is -0.157. The van der Waals surface area contributed by atoms with Gasteiger partial charge in [0.2, 0.25) is 0 Å². The summed E-state index contributed by atoms with van der Waals surface area (Å²) < 4.78 is -2.16. The Balaban J connectivity index is 1.68. The van der Waals surface area contributed by atoms with E-state index in [2.05, 4.69) is 0 Å². The Hall–Kier alpha value is -1.22. The molecule has 0 aromatic heterocycles. The van der Waals surface area contributed by atoms with Crippen molar-refractivity contribution in [3.63, 3.8) is 0 Å². The minimum atomic E-state index is -2.16. The van der Waals surface area contributed by atoms with Gasteiger partial charge in [-0.15, -0.1) is 23.2 Å². The molecular formula is C26H16Cl8N2O4. The summed E-state index contributed by atoms with van der Waals surface area (Å²) in [7, 11) is 0. The Bertz CT molecular complexity index is 1470. The maximum atomic E-state index is 14.1. The van der Waals surface area contributed by atoms with Gasteiger partial charge in [-0.2, -0.15) is 5.01 Å². The highest BCUT2D eigenvalue weighted by Crippen LogP contribution is 2.77. The number of carbonyl (C=O) groups is 4. The number of allylic oxidation sites excluding steroid dienone is 2. The molecule has 3 aliphatic rings. The Morgan fingerprint density at radius 3 is 1.88 bits per heavy atom. The second-order valence-electron chi connectivity index (χ2n) is 9.50. The van der Waals surface area contributed by atoms with Crippen molar-refractivity contribution >= 4 is 116 Å². The van der Waals surface area contributed by atoms with E-state index in [1.807, 2.05) is 0 Å². The van der Waals surface area contributed by atoms with Gasteiger partial charge >= 0.3 is 0 Å². The molecule has 5 atom stereocenters. The van der Waals surface area contributed by atoms with Gasteiger partial charge in [-0.1, -0.05) is 107 Å². The summed E-state index contributed by atoms with van der Waals surface area (Å²) in [6.07, 6.45) is 0.00379. The van der Waals surface area contributed by atoms with E-state index in [0.717, 1.165) is 5.01 Å². The van der Waals surface area contributed by atoms with Gasteiger partial charge < -0.3 is 0 Å². The Labute approximate surface area is 268 Å². The first-order chi connectivity index (χ1) is 18.7. The van der Waals surface area contributed by atoms with Gasteiger partial charge in [0.1, 0.15) is 15.8 Å². The number of rotatable bonds is 6. The predicted octanol–water partition coefficient (Wildman–Crippen LogP) is 7.46. The van der Waals surface area contributed by atoms with Crippen LogP contribution in [0.4, 0.5) is 0 Å². The summed E-state index contributed by atoms with van der Waals surface area (Å²) in [6, 6.07) is 10.8. The lowest BCUT2D eigenvalue weighted by Gasteiger charge is -2.39. The zero-order chi connectivity index (χ0) is 29.5. The second kappa shape index (κ2) is 10.2. The first-order valence-electron chi connectivity index (χ1n) is 11.7.